The van der Waals surface area contributed by atoms with Crippen molar-refractivity contribution in [2.45, 2.75) is 28.0 Å². The fraction of sp³-hybridized carbons (Fsp3) is 0.211. The van der Waals surface area contributed by atoms with Crippen LogP contribution in [0.2, 0.25) is 0 Å². The predicted molar refractivity (Wildman–Crippen MR) is 115 cm³/mol. The van der Waals surface area contributed by atoms with E-state index in [1.807, 2.05) is 18.2 Å². The molecule has 1 N–H and O–H groups in total. The Kier molecular flexibility index (Phi) is 6.37. The Morgan fingerprint density at radius 3 is 2.55 bits per heavy atom. The van der Waals surface area contributed by atoms with E-state index in [1.165, 1.54) is 43.3 Å². The van der Waals surface area contributed by atoms with Crippen LogP contribution in [0.25, 0.3) is 0 Å². The van der Waals surface area contributed by atoms with E-state index in [-0.39, 0.29) is 16.4 Å². The second-order valence-electron chi connectivity index (χ2n) is 6.46. The molecule has 10 heteroatoms. The summed E-state index contributed by atoms with van der Waals surface area (Å²) < 4.78 is 27.2. The van der Waals surface area contributed by atoms with Crippen molar-refractivity contribution in [3.05, 3.63) is 58.6 Å². The van der Waals surface area contributed by atoms with Gasteiger partial charge < -0.3 is 5.32 Å². The van der Waals surface area contributed by atoms with E-state index in [1.54, 1.807) is 31.5 Å². The molecule has 0 aliphatic rings. The fourth-order valence-corrected chi connectivity index (χ4v) is 5.32. The quantitative estimate of drug-likeness (QED) is 0.616. The first-order chi connectivity index (χ1) is 13.7. The molecule has 3 aromatic rings. The Morgan fingerprint density at radius 2 is 1.90 bits per heavy atom. The number of amides is 1. The van der Waals surface area contributed by atoms with Crippen LogP contribution in [0.3, 0.4) is 0 Å². The first-order valence-corrected chi connectivity index (χ1v) is 11.7. The zero-order valence-corrected chi connectivity index (χ0v) is 18.8. The van der Waals surface area contributed by atoms with Gasteiger partial charge in [-0.2, -0.15) is 0 Å². The topological polar surface area (TPSA) is 92.3 Å². The molecule has 152 valence electrons. The van der Waals surface area contributed by atoms with Crippen LogP contribution in [0.1, 0.15) is 21.5 Å². The zero-order valence-electron chi connectivity index (χ0n) is 16.3. The lowest BCUT2D eigenvalue weighted by molar-refractivity contribution is 0.102. The Bertz CT molecular complexity index is 1140. The van der Waals surface area contributed by atoms with Crippen LogP contribution in [0, 0.1) is 13.8 Å². The fourth-order valence-electron chi connectivity index (χ4n) is 2.58. The van der Waals surface area contributed by atoms with E-state index in [2.05, 4.69) is 15.5 Å². The minimum absolute atomic E-state index is 0.129. The molecule has 0 radical (unpaired) electrons. The van der Waals surface area contributed by atoms with Crippen LogP contribution < -0.4 is 5.32 Å². The van der Waals surface area contributed by atoms with Gasteiger partial charge >= 0.3 is 0 Å². The van der Waals surface area contributed by atoms with Gasteiger partial charge in [0.2, 0.25) is 10.0 Å². The Labute approximate surface area is 178 Å². The zero-order chi connectivity index (χ0) is 21.2. The average Bonchev–Trinajstić information content (AvgIpc) is 3.18. The van der Waals surface area contributed by atoms with Gasteiger partial charge in [-0.15, -0.1) is 10.2 Å². The molecule has 0 fully saturated rings. The standard InChI is InChI=1S/C19H20N4O3S3/c1-12-9-14(10-17(13(12)2)29(25,26)23(3)4)18(24)21-15-7-5-6-8-16(15)28-19-22-20-11-27-19/h5-11H,1-4H3,(H,21,24). The molecule has 0 unspecified atom stereocenters. The highest BCUT2D eigenvalue weighted by Gasteiger charge is 2.23. The normalized spacial score (nSPS) is 11.6. The lowest BCUT2D eigenvalue weighted by Gasteiger charge is -2.17. The number of carbonyl (C=O) groups excluding carboxylic acids is 1. The SMILES string of the molecule is Cc1cc(C(=O)Nc2ccccc2Sc2nncs2)cc(S(=O)(=O)N(C)C)c1C. The van der Waals surface area contributed by atoms with E-state index >= 15 is 0 Å². The number of anilines is 1. The summed E-state index contributed by atoms with van der Waals surface area (Å²) in [4.78, 5) is 13.9. The molecule has 3 rings (SSSR count). The largest absolute Gasteiger partial charge is 0.321 e. The molecule has 1 heterocycles. The summed E-state index contributed by atoms with van der Waals surface area (Å²) in [5.74, 6) is -0.381. The van der Waals surface area contributed by atoms with Gasteiger partial charge in [0.25, 0.3) is 5.91 Å². The minimum Gasteiger partial charge on any atom is -0.321 e. The lowest BCUT2D eigenvalue weighted by atomic mass is 10.1. The maximum Gasteiger partial charge on any atom is 0.255 e. The van der Waals surface area contributed by atoms with Crippen LogP contribution in [0.15, 0.2) is 56.0 Å². The van der Waals surface area contributed by atoms with E-state index in [0.717, 1.165) is 19.1 Å². The summed E-state index contributed by atoms with van der Waals surface area (Å²) in [6, 6.07) is 10.5. The number of carbonyl (C=O) groups is 1. The van der Waals surface area contributed by atoms with Gasteiger partial charge in [-0.1, -0.05) is 35.2 Å². The number of benzene rings is 2. The molecule has 0 saturated heterocycles. The van der Waals surface area contributed by atoms with Crippen LogP contribution >= 0.6 is 23.1 Å². The van der Waals surface area contributed by atoms with Crippen molar-refractivity contribution in [3.8, 4) is 0 Å². The third kappa shape index (κ3) is 4.67. The number of nitrogens with one attached hydrogen (secondary N) is 1. The lowest BCUT2D eigenvalue weighted by Crippen LogP contribution is -2.24. The first-order valence-electron chi connectivity index (χ1n) is 8.58. The molecule has 0 atom stereocenters. The highest BCUT2D eigenvalue weighted by atomic mass is 32.2. The Hall–Kier alpha value is -2.27. The molecule has 7 nitrogen and oxygen atoms in total. The summed E-state index contributed by atoms with van der Waals surface area (Å²) in [5.41, 5.74) is 3.90. The molecule has 2 aromatic carbocycles. The van der Waals surface area contributed by atoms with Crippen LogP contribution in [0.4, 0.5) is 5.69 Å². The predicted octanol–water partition coefficient (Wildman–Crippen LogP) is 3.81. The van der Waals surface area contributed by atoms with Crippen molar-refractivity contribution >= 4 is 44.7 Å². The van der Waals surface area contributed by atoms with Gasteiger partial charge in [0.1, 0.15) is 5.51 Å². The number of para-hydroxylation sites is 1. The summed E-state index contributed by atoms with van der Waals surface area (Å²) in [6.07, 6.45) is 0. The minimum atomic E-state index is -3.67. The summed E-state index contributed by atoms with van der Waals surface area (Å²) in [6.45, 7) is 3.53. The molecule has 1 amide bonds. The van der Waals surface area contributed by atoms with Crippen LogP contribution in [-0.2, 0) is 10.0 Å². The molecule has 29 heavy (non-hydrogen) atoms. The van der Waals surface area contributed by atoms with E-state index in [9.17, 15) is 13.2 Å². The van der Waals surface area contributed by atoms with Crippen molar-refractivity contribution < 1.29 is 13.2 Å². The van der Waals surface area contributed by atoms with Gasteiger partial charge in [0.15, 0.2) is 4.34 Å². The summed E-state index contributed by atoms with van der Waals surface area (Å²) >= 11 is 2.81. The van der Waals surface area contributed by atoms with Gasteiger partial charge in [-0.3, -0.25) is 4.79 Å². The molecule has 1 aromatic heterocycles. The molecule has 0 aliphatic carbocycles. The molecule has 0 bridgehead atoms. The number of sulfonamides is 1. The van der Waals surface area contributed by atoms with E-state index in [4.69, 9.17) is 0 Å². The molecular formula is C19H20N4O3S3. The third-order valence-corrected chi connectivity index (χ3v) is 8.11. The van der Waals surface area contributed by atoms with Crippen LogP contribution in [0.5, 0.6) is 0 Å². The second kappa shape index (κ2) is 8.62. The Morgan fingerprint density at radius 1 is 1.17 bits per heavy atom. The van der Waals surface area contributed by atoms with E-state index < -0.39 is 10.0 Å². The highest BCUT2D eigenvalue weighted by molar-refractivity contribution is 8.01. The average molecular weight is 449 g/mol. The number of nitrogens with zero attached hydrogens (tertiary/aromatic N) is 3. The number of aromatic nitrogens is 2. The van der Waals surface area contributed by atoms with Crippen molar-refractivity contribution in [1.82, 2.24) is 14.5 Å². The number of rotatable bonds is 6. The molecular weight excluding hydrogens is 428 g/mol. The van der Waals surface area contributed by atoms with Crippen LogP contribution in [-0.4, -0.2) is 42.9 Å². The number of hydrogen-bond donors (Lipinski definition) is 1. The van der Waals surface area contributed by atoms with Gasteiger partial charge in [0.05, 0.1) is 10.6 Å². The molecule has 0 aliphatic heterocycles. The van der Waals surface area contributed by atoms with Gasteiger partial charge in [-0.25, -0.2) is 12.7 Å². The first kappa shape index (κ1) is 21.4. The smallest absolute Gasteiger partial charge is 0.255 e. The Balaban J connectivity index is 1.94. The maximum atomic E-state index is 12.9. The number of hydrogen-bond acceptors (Lipinski definition) is 7. The van der Waals surface area contributed by atoms with E-state index in [0.29, 0.717) is 11.3 Å². The molecule has 0 spiro atoms. The van der Waals surface area contributed by atoms with Crippen molar-refractivity contribution in [2.75, 3.05) is 19.4 Å². The number of aryl methyl sites for hydroxylation is 1. The molecule has 0 saturated carbocycles. The summed E-state index contributed by atoms with van der Waals surface area (Å²) in [7, 11) is -0.726. The van der Waals surface area contributed by atoms with Gasteiger partial charge in [-0.05, 0) is 49.2 Å². The third-order valence-electron chi connectivity index (χ3n) is 4.31. The monoisotopic (exact) mass is 448 g/mol. The summed E-state index contributed by atoms with van der Waals surface area (Å²) in [5, 5.41) is 10.7. The van der Waals surface area contributed by atoms with Gasteiger partial charge in [0, 0.05) is 24.6 Å². The maximum absolute atomic E-state index is 12.9. The second-order valence-corrected chi connectivity index (χ2v) is 10.7. The highest BCUT2D eigenvalue weighted by Crippen LogP contribution is 2.34. The van der Waals surface area contributed by atoms with Crippen molar-refractivity contribution in [2.24, 2.45) is 0 Å². The van der Waals surface area contributed by atoms with Crippen molar-refractivity contribution in [3.63, 3.8) is 0 Å². The van der Waals surface area contributed by atoms with Crippen molar-refractivity contribution in [1.29, 1.82) is 0 Å².